The van der Waals surface area contributed by atoms with Crippen LogP contribution in [0.5, 0.6) is 5.88 Å². The van der Waals surface area contributed by atoms with Crippen LogP contribution in [-0.4, -0.2) is 58.3 Å². The molecular formula is C28H33NO7. The summed E-state index contributed by atoms with van der Waals surface area (Å²) in [5.41, 5.74) is -0.871. The van der Waals surface area contributed by atoms with Gasteiger partial charge < -0.3 is 24.4 Å². The molecule has 1 aliphatic heterocycles. The van der Waals surface area contributed by atoms with Gasteiger partial charge in [-0.15, -0.1) is 0 Å². The minimum absolute atomic E-state index is 0.00220. The number of hydrogen-bond acceptors (Lipinski definition) is 8. The van der Waals surface area contributed by atoms with E-state index in [4.69, 9.17) is 14.2 Å². The maximum absolute atomic E-state index is 13.6. The molecule has 2 N–H and O–H groups in total. The van der Waals surface area contributed by atoms with E-state index in [-0.39, 0.29) is 23.5 Å². The molecule has 1 saturated heterocycles. The van der Waals surface area contributed by atoms with Gasteiger partial charge in [0, 0.05) is 22.9 Å². The average Bonchev–Trinajstić information content (AvgIpc) is 3.36. The molecule has 0 aromatic carbocycles. The van der Waals surface area contributed by atoms with E-state index in [2.05, 4.69) is 11.9 Å². The second kappa shape index (κ2) is 8.05. The number of hydrogen-bond donors (Lipinski definition) is 2. The van der Waals surface area contributed by atoms with Gasteiger partial charge in [0.25, 0.3) is 0 Å². The lowest BCUT2D eigenvalue weighted by molar-refractivity contribution is -0.201. The second-order valence-corrected chi connectivity index (χ2v) is 11.4. The van der Waals surface area contributed by atoms with E-state index < -0.39 is 47.3 Å². The van der Waals surface area contributed by atoms with Crippen molar-refractivity contribution in [2.45, 2.75) is 63.6 Å². The number of methoxy groups -OCH3 is 1. The van der Waals surface area contributed by atoms with Crippen molar-refractivity contribution in [2.75, 3.05) is 13.7 Å². The molecule has 0 bridgehead atoms. The van der Waals surface area contributed by atoms with Crippen molar-refractivity contribution in [3.05, 3.63) is 47.7 Å². The van der Waals surface area contributed by atoms with E-state index in [1.54, 1.807) is 30.5 Å². The fraction of sp³-hybridized carbons (Fsp3) is 0.607. The van der Waals surface area contributed by atoms with E-state index in [1.165, 1.54) is 7.11 Å². The first-order valence-electron chi connectivity index (χ1n) is 12.8. The van der Waals surface area contributed by atoms with Crippen molar-refractivity contribution in [3.63, 3.8) is 0 Å². The molecule has 8 heteroatoms. The highest BCUT2D eigenvalue weighted by Crippen LogP contribution is 2.70. The Morgan fingerprint density at radius 1 is 1.33 bits per heavy atom. The third kappa shape index (κ3) is 2.93. The van der Waals surface area contributed by atoms with Crippen molar-refractivity contribution in [1.82, 2.24) is 4.98 Å². The molecule has 0 radical (unpaired) electrons. The Kier molecular flexibility index (Phi) is 5.36. The molecule has 4 fully saturated rings. The normalized spacial score (nSPS) is 44.8. The number of ether oxygens (including phenoxy) is 3. The van der Waals surface area contributed by atoms with Crippen LogP contribution in [0.3, 0.4) is 0 Å². The molecule has 0 amide bonds. The van der Waals surface area contributed by atoms with Gasteiger partial charge in [-0.1, -0.05) is 25.5 Å². The van der Waals surface area contributed by atoms with Crippen molar-refractivity contribution < 1.29 is 34.0 Å². The van der Waals surface area contributed by atoms with E-state index in [0.717, 1.165) is 18.4 Å². The first-order valence-corrected chi connectivity index (χ1v) is 12.8. The molecule has 8 nitrogen and oxygen atoms in total. The van der Waals surface area contributed by atoms with Crippen LogP contribution in [-0.2, 0) is 19.1 Å². The van der Waals surface area contributed by atoms with Crippen LogP contribution >= 0.6 is 0 Å². The van der Waals surface area contributed by atoms with Crippen LogP contribution < -0.4 is 4.74 Å². The zero-order valence-corrected chi connectivity index (χ0v) is 20.8. The number of rotatable bonds is 4. The van der Waals surface area contributed by atoms with Gasteiger partial charge in [-0.05, 0) is 61.8 Å². The molecule has 0 spiro atoms. The van der Waals surface area contributed by atoms with Gasteiger partial charge in [0.1, 0.15) is 6.61 Å². The molecule has 6 rings (SSSR count). The minimum Gasteiger partial charge on any atom is -0.481 e. The Balaban J connectivity index is 1.40. The molecule has 9 atom stereocenters. The first-order chi connectivity index (χ1) is 17.2. The summed E-state index contributed by atoms with van der Waals surface area (Å²) in [5.74, 6) is 0.0302. The van der Waals surface area contributed by atoms with Crippen LogP contribution in [0.25, 0.3) is 0 Å². The van der Waals surface area contributed by atoms with E-state index >= 15 is 0 Å². The highest BCUT2D eigenvalue weighted by Gasteiger charge is 2.76. The van der Waals surface area contributed by atoms with E-state index in [1.807, 2.05) is 13.0 Å². The smallest absolute Gasteiger partial charge is 0.221 e. The number of carbonyl (C=O) groups is 2. The zero-order valence-electron chi connectivity index (χ0n) is 20.8. The van der Waals surface area contributed by atoms with Gasteiger partial charge in [0.05, 0.1) is 24.9 Å². The van der Waals surface area contributed by atoms with Crippen LogP contribution in [0.2, 0.25) is 0 Å². The number of fused-ring (bicyclic) bond motifs is 7. The van der Waals surface area contributed by atoms with Gasteiger partial charge in [0.15, 0.2) is 23.5 Å². The van der Waals surface area contributed by atoms with Crippen LogP contribution in [0.4, 0.5) is 0 Å². The molecule has 5 aliphatic rings. The molecule has 192 valence electrons. The SMILES string of the molecule is COc1ncccc1C1O[C@@H]2C[C@H]3[C@@H]4CCC5=CC(=O)C=C[C@]5(C)[C@H]4[C@@H](O)C[C@]3(C)[C@]2(C(=O)CO)O1. The monoisotopic (exact) mass is 495 g/mol. The Morgan fingerprint density at radius 3 is 2.89 bits per heavy atom. The van der Waals surface area contributed by atoms with E-state index in [0.29, 0.717) is 24.3 Å². The summed E-state index contributed by atoms with van der Waals surface area (Å²) in [7, 11) is 1.52. The molecule has 36 heavy (non-hydrogen) atoms. The van der Waals surface area contributed by atoms with Crippen LogP contribution in [0, 0.1) is 28.6 Å². The Hall–Kier alpha value is -2.39. The lowest BCUT2D eigenvalue weighted by atomic mass is 9.46. The summed E-state index contributed by atoms with van der Waals surface area (Å²) in [6.07, 6.45) is 7.31. The largest absolute Gasteiger partial charge is 0.481 e. The Morgan fingerprint density at radius 2 is 2.14 bits per heavy atom. The molecule has 4 aliphatic carbocycles. The van der Waals surface area contributed by atoms with Gasteiger partial charge in [-0.2, -0.15) is 0 Å². The predicted molar refractivity (Wildman–Crippen MR) is 128 cm³/mol. The predicted octanol–water partition coefficient (Wildman–Crippen LogP) is 2.69. The van der Waals surface area contributed by atoms with Gasteiger partial charge in [0.2, 0.25) is 5.88 Å². The highest BCUT2D eigenvalue weighted by atomic mass is 16.7. The number of carbonyl (C=O) groups excluding carboxylic acids is 2. The third-order valence-corrected chi connectivity index (χ3v) is 10.0. The lowest BCUT2D eigenvalue weighted by Gasteiger charge is -2.59. The molecule has 2 heterocycles. The molecule has 1 aromatic heterocycles. The summed E-state index contributed by atoms with van der Waals surface area (Å²) in [5, 5.41) is 21.8. The fourth-order valence-electron chi connectivity index (χ4n) is 8.58. The Bertz CT molecular complexity index is 1180. The highest BCUT2D eigenvalue weighted by molar-refractivity contribution is 6.01. The minimum atomic E-state index is -1.39. The van der Waals surface area contributed by atoms with E-state index in [9.17, 15) is 19.8 Å². The van der Waals surface area contributed by atoms with Gasteiger partial charge in [-0.3, -0.25) is 9.59 Å². The van der Waals surface area contributed by atoms with Crippen molar-refractivity contribution in [2.24, 2.45) is 28.6 Å². The number of Topliss-reactive ketones (excluding diaryl/α,β-unsaturated/α-hetero) is 1. The summed E-state index contributed by atoms with van der Waals surface area (Å²) in [4.78, 5) is 29.9. The zero-order chi connectivity index (χ0) is 25.5. The summed E-state index contributed by atoms with van der Waals surface area (Å²) < 4.78 is 18.4. The third-order valence-electron chi connectivity index (χ3n) is 10.0. The van der Waals surface area contributed by atoms with Gasteiger partial charge >= 0.3 is 0 Å². The maximum atomic E-state index is 13.6. The second-order valence-electron chi connectivity index (χ2n) is 11.4. The summed E-state index contributed by atoms with van der Waals surface area (Å²) >= 11 is 0. The summed E-state index contributed by atoms with van der Waals surface area (Å²) in [6, 6.07) is 3.56. The number of allylic oxidation sites excluding steroid dienone is 4. The number of pyridine rings is 1. The number of aromatic nitrogens is 1. The topological polar surface area (TPSA) is 115 Å². The molecule has 3 saturated carbocycles. The number of aliphatic hydroxyl groups is 2. The van der Waals surface area contributed by atoms with Crippen LogP contribution in [0.15, 0.2) is 42.1 Å². The average molecular weight is 496 g/mol. The quantitative estimate of drug-likeness (QED) is 0.655. The fourth-order valence-corrected chi connectivity index (χ4v) is 8.58. The molecule has 1 unspecified atom stereocenters. The summed E-state index contributed by atoms with van der Waals surface area (Å²) in [6.45, 7) is 3.47. The number of aliphatic hydroxyl groups excluding tert-OH is 2. The number of nitrogens with zero attached hydrogens (tertiary/aromatic N) is 1. The molecular weight excluding hydrogens is 462 g/mol. The Labute approximate surface area is 210 Å². The standard InChI is InChI=1S/C28H33NO7/c1-26-9-8-16(31)11-15(26)6-7-17-19-12-22-28(21(33)14-30,27(19,2)13-20(32)23(17)26)36-25(35-22)18-5-4-10-29-24(18)34-3/h4-5,8-11,17,19-20,22-23,25,30,32H,6-7,12-14H2,1-3H3/t17-,19-,20-,22+,23+,25?,26-,27-,28+/m0/s1. The van der Waals surface area contributed by atoms with Crippen molar-refractivity contribution in [1.29, 1.82) is 0 Å². The first kappa shape index (κ1) is 24.0. The van der Waals surface area contributed by atoms with Crippen molar-refractivity contribution in [3.8, 4) is 5.88 Å². The molecule has 1 aromatic rings. The lowest BCUT2D eigenvalue weighted by Crippen LogP contribution is -2.63. The maximum Gasteiger partial charge on any atom is 0.221 e. The van der Waals surface area contributed by atoms with Crippen molar-refractivity contribution >= 4 is 11.6 Å². The van der Waals surface area contributed by atoms with Gasteiger partial charge in [-0.25, -0.2) is 4.98 Å². The number of ketones is 2. The van der Waals surface area contributed by atoms with Crippen LogP contribution in [0.1, 0.15) is 51.4 Å².